The maximum Gasteiger partial charge on any atom is 0.191 e. The molecule has 0 aliphatic rings. The van der Waals surface area contributed by atoms with E-state index in [1.54, 1.807) is 38.2 Å². The SMILES string of the molecule is CN=C(NCCc1ccc(F)cc1)NCc1ccc(S(C)(=O)=O)c(C)c1.I. The Hall–Kier alpha value is -1.68. The van der Waals surface area contributed by atoms with E-state index >= 15 is 0 Å². The fourth-order valence-electron chi connectivity index (χ4n) is 2.62. The highest BCUT2D eigenvalue weighted by Gasteiger charge is 2.10. The molecule has 2 N–H and O–H groups in total. The molecular weight excluding hydrogens is 480 g/mol. The molecule has 0 saturated carbocycles. The molecule has 27 heavy (non-hydrogen) atoms. The minimum absolute atomic E-state index is 0. The van der Waals surface area contributed by atoms with Crippen molar-refractivity contribution < 1.29 is 12.8 Å². The van der Waals surface area contributed by atoms with Gasteiger partial charge in [-0.25, -0.2) is 12.8 Å². The minimum atomic E-state index is -3.21. The molecule has 148 valence electrons. The Morgan fingerprint density at radius 3 is 2.26 bits per heavy atom. The predicted molar refractivity (Wildman–Crippen MR) is 118 cm³/mol. The molecule has 0 saturated heterocycles. The fraction of sp³-hybridized carbons (Fsp3) is 0.316. The van der Waals surface area contributed by atoms with Gasteiger partial charge in [0.1, 0.15) is 5.82 Å². The third-order valence-electron chi connectivity index (χ3n) is 3.94. The Labute approximate surface area is 177 Å². The summed E-state index contributed by atoms with van der Waals surface area (Å²) >= 11 is 0. The van der Waals surface area contributed by atoms with E-state index in [1.807, 2.05) is 6.07 Å². The fourth-order valence-corrected chi connectivity index (χ4v) is 3.58. The first-order valence-electron chi connectivity index (χ1n) is 8.28. The van der Waals surface area contributed by atoms with Gasteiger partial charge in [-0.05, 0) is 48.2 Å². The minimum Gasteiger partial charge on any atom is -0.356 e. The summed E-state index contributed by atoms with van der Waals surface area (Å²) in [5.74, 6) is 0.410. The van der Waals surface area contributed by atoms with Crippen LogP contribution in [-0.4, -0.2) is 34.2 Å². The zero-order chi connectivity index (χ0) is 19.2. The first kappa shape index (κ1) is 23.4. The lowest BCUT2D eigenvalue weighted by atomic mass is 10.1. The van der Waals surface area contributed by atoms with E-state index < -0.39 is 9.84 Å². The van der Waals surface area contributed by atoms with Crippen molar-refractivity contribution in [2.24, 2.45) is 4.99 Å². The van der Waals surface area contributed by atoms with Crippen LogP contribution < -0.4 is 10.6 Å². The first-order chi connectivity index (χ1) is 12.3. The van der Waals surface area contributed by atoms with Gasteiger partial charge in [0.2, 0.25) is 0 Å². The molecular formula is C19H25FIN3O2S. The number of nitrogens with zero attached hydrogens (tertiary/aromatic N) is 1. The lowest BCUT2D eigenvalue weighted by molar-refractivity contribution is 0.601. The summed E-state index contributed by atoms with van der Waals surface area (Å²) in [6.07, 6.45) is 1.96. The maximum absolute atomic E-state index is 12.9. The summed E-state index contributed by atoms with van der Waals surface area (Å²) < 4.78 is 36.2. The van der Waals surface area contributed by atoms with Crippen LogP contribution >= 0.6 is 24.0 Å². The molecule has 2 aromatic carbocycles. The smallest absolute Gasteiger partial charge is 0.191 e. The Balaban J connectivity index is 0.00000364. The summed E-state index contributed by atoms with van der Waals surface area (Å²) in [7, 11) is -1.52. The van der Waals surface area contributed by atoms with Crippen molar-refractivity contribution in [3.05, 3.63) is 65.0 Å². The van der Waals surface area contributed by atoms with E-state index in [9.17, 15) is 12.8 Å². The number of sulfone groups is 1. The Bertz CT molecular complexity index is 884. The van der Waals surface area contributed by atoms with Gasteiger partial charge in [0.05, 0.1) is 4.90 Å². The molecule has 2 rings (SSSR count). The quantitative estimate of drug-likeness (QED) is 0.360. The number of hydrogen-bond acceptors (Lipinski definition) is 3. The van der Waals surface area contributed by atoms with Crippen LogP contribution in [0.1, 0.15) is 16.7 Å². The second-order valence-corrected chi connectivity index (χ2v) is 8.09. The van der Waals surface area contributed by atoms with E-state index in [4.69, 9.17) is 0 Å². The molecule has 5 nitrogen and oxygen atoms in total. The highest BCUT2D eigenvalue weighted by molar-refractivity contribution is 14.0. The zero-order valence-corrected chi connectivity index (χ0v) is 18.8. The first-order valence-corrected chi connectivity index (χ1v) is 10.2. The Morgan fingerprint density at radius 2 is 1.70 bits per heavy atom. The molecule has 0 aliphatic heterocycles. The summed E-state index contributed by atoms with van der Waals surface area (Å²) in [5.41, 5.74) is 2.74. The highest BCUT2D eigenvalue weighted by Crippen LogP contribution is 2.16. The summed E-state index contributed by atoms with van der Waals surface area (Å²) in [6, 6.07) is 11.7. The van der Waals surface area contributed by atoms with Gasteiger partial charge < -0.3 is 10.6 Å². The van der Waals surface area contributed by atoms with Crippen LogP contribution in [0.3, 0.4) is 0 Å². The molecule has 0 atom stereocenters. The number of benzene rings is 2. The number of guanidine groups is 1. The van der Waals surface area contributed by atoms with Gasteiger partial charge in [-0.2, -0.15) is 0 Å². The molecule has 0 radical (unpaired) electrons. The monoisotopic (exact) mass is 505 g/mol. The third kappa shape index (κ3) is 7.45. The van der Waals surface area contributed by atoms with Gasteiger partial charge in [0, 0.05) is 26.4 Å². The molecule has 0 heterocycles. The van der Waals surface area contributed by atoms with Crippen LogP contribution in [0.4, 0.5) is 4.39 Å². The van der Waals surface area contributed by atoms with Gasteiger partial charge in [0.15, 0.2) is 15.8 Å². The van der Waals surface area contributed by atoms with E-state index in [-0.39, 0.29) is 29.8 Å². The molecule has 0 fully saturated rings. The van der Waals surface area contributed by atoms with Gasteiger partial charge in [-0.15, -0.1) is 24.0 Å². The maximum atomic E-state index is 12.9. The second-order valence-electron chi connectivity index (χ2n) is 6.10. The van der Waals surface area contributed by atoms with Crippen molar-refractivity contribution in [3.63, 3.8) is 0 Å². The van der Waals surface area contributed by atoms with E-state index in [1.165, 1.54) is 18.4 Å². The van der Waals surface area contributed by atoms with Crippen molar-refractivity contribution in [2.45, 2.75) is 24.8 Å². The second kappa shape index (κ2) is 10.6. The van der Waals surface area contributed by atoms with Gasteiger partial charge in [-0.3, -0.25) is 4.99 Å². The summed E-state index contributed by atoms with van der Waals surface area (Å²) in [4.78, 5) is 4.52. The van der Waals surface area contributed by atoms with Crippen LogP contribution in [0.15, 0.2) is 52.4 Å². The molecule has 0 spiro atoms. The largest absolute Gasteiger partial charge is 0.356 e. The average molecular weight is 505 g/mol. The summed E-state index contributed by atoms with van der Waals surface area (Å²) in [5, 5.41) is 6.40. The molecule has 0 aliphatic carbocycles. The number of rotatable bonds is 6. The number of nitrogens with one attached hydrogen (secondary N) is 2. The third-order valence-corrected chi connectivity index (χ3v) is 5.20. The molecule has 2 aromatic rings. The molecule has 0 amide bonds. The van der Waals surface area contributed by atoms with Crippen molar-refractivity contribution in [1.29, 1.82) is 0 Å². The van der Waals surface area contributed by atoms with Crippen molar-refractivity contribution in [2.75, 3.05) is 19.8 Å². The zero-order valence-electron chi connectivity index (χ0n) is 15.6. The molecule has 0 unspecified atom stereocenters. The van der Waals surface area contributed by atoms with Crippen LogP contribution in [0.2, 0.25) is 0 Å². The number of aliphatic imine (C=N–C) groups is 1. The van der Waals surface area contributed by atoms with E-state index in [2.05, 4.69) is 15.6 Å². The van der Waals surface area contributed by atoms with Crippen molar-refractivity contribution in [1.82, 2.24) is 10.6 Å². The van der Waals surface area contributed by atoms with Crippen LogP contribution in [-0.2, 0) is 22.8 Å². The standard InChI is InChI=1S/C19H24FN3O2S.HI/c1-14-12-16(6-9-18(14)26(3,24)25)13-23-19(21-2)22-11-10-15-4-7-17(20)8-5-15;/h4-9,12H,10-11,13H2,1-3H3,(H2,21,22,23);1H. The van der Waals surface area contributed by atoms with E-state index in [0.717, 1.165) is 23.1 Å². The average Bonchev–Trinajstić information content (AvgIpc) is 2.58. The highest BCUT2D eigenvalue weighted by atomic mass is 127. The lowest BCUT2D eigenvalue weighted by Crippen LogP contribution is -2.37. The molecule has 0 aromatic heterocycles. The van der Waals surface area contributed by atoms with Crippen LogP contribution in [0.5, 0.6) is 0 Å². The van der Waals surface area contributed by atoms with Gasteiger partial charge in [-0.1, -0.05) is 24.3 Å². The normalized spacial score (nSPS) is 11.6. The van der Waals surface area contributed by atoms with E-state index in [0.29, 0.717) is 23.9 Å². The number of hydrogen-bond donors (Lipinski definition) is 2. The Kier molecular flexibility index (Phi) is 9.17. The molecule has 8 heteroatoms. The number of aryl methyl sites for hydroxylation is 1. The lowest BCUT2D eigenvalue weighted by Gasteiger charge is -2.13. The molecule has 0 bridgehead atoms. The van der Waals surface area contributed by atoms with Crippen LogP contribution in [0, 0.1) is 12.7 Å². The van der Waals surface area contributed by atoms with Crippen molar-refractivity contribution in [3.8, 4) is 0 Å². The van der Waals surface area contributed by atoms with Crippen molar-refractivity contribution >= 4 is 39.8 Å². The summed E-state index contributed by atoms with van der Waals surface area (Å²) in [6.45, 7) is 2.98. The predicted octanol–water partition coefficient (Wildman–Crippen LogP) is 3.06. The van der Waals surface area contributed by atoms with Crippen LogP contribution in [0.25, 0.3) is 0 Å². The number of halogens is 2. The van der Waals surface area contributed by atoms with Gasteiger partial charge >= 0.3 is 0 Å². The topological polar surface area (TPSA) is 70.6 Å². The Morgan fingerprint density at radius 1 is 1.07 bits per heavy atom. The van der Waals surface area contributed by atoms with Gasteiger partial charge in [0.25, 0.3) is 0 Å².